The summed E-state index contributed by atoms with van der Waals surface area (Å²) >= 11 is 0. The van der Waals surface area contributed by atoms with Crippen LogP contribution in [0, 0.1) is 0 Å². The zero-order valence-electron chi connectivity index (χ0n) is 8.88. The summed E-state index contributed by atoms with van der Waals surface area (Å²) in [5, 5.41) is 11.3. The standard InChI is InChI=1S/C11H11NO5/c13-10(14)7-2-1-3-8(4-7)16-6-9-5-12-11(15)17-9/h1-4,9H,5-6H2,(H,12,15)(H,13,14). The van der Waals surface area contributed by atoms with Gasteiger partial charge in [-0.3, -0.25) is 0 Å². The summed E-state index contributed by atoms with van der Waals surface area (Å²) < 4.78 is 10.2. The number of nitrogens with one attached hydrogen (secondary N) is 1. The van der Waals surface area contributed by atoms with Crippen LogP contribution in [0.2, 0.25) is 0 Å². The molecule has 1 fully saturated rings. The van der Waals surface area contributed by atoms with E-state index in [2.05, 4.69) is 5.32 Å². The van der Waals surface area contributed by atoms with Gasteiger partial charge < -0.3 is 19.9 Å². The molecule has 1 aliphatic rings. The van der Waals surface area contributed by atoms with E-state index in [0.717, 1.165) is 0 Å². The maximum atomic E-state index is 10.7. The van der Waals surface area contributed by atoms with Crippen molar-refractivity contribution in [3.8, 4) is 5.75 Å². The molecular formula is C11H11NO5. The lowest BCUT2D eigenvalue weighted by atomic mass is 10.2. The first-order valence-electron chi connectivity index (χ1n) is 5.06. The Labute approximate surface area is 97.1 Å². The van der Waals surface area contributed by atoms with Crippen LogP contribution in [-0.2, 0) is 4.74 Å². The Morgan fingerprint density at radius 2 is 2.41 bits per heavy atom. The summed E-state index contributed by atoms with van der Waals surface area (Å²) in [7, 11) is 0. The lowest BCUT2D eigenvalue weighted by Crippen LogP contribution is -2.22. The number of cyclic esters (lactones) is 1. The normalized spacial score (nSPS) is 18.4. The molecule has 0 aromatic heterocycles. The fraction of sp³-hybridized carbons (Fsp3) is 0.273. The fourth-order valence-electron chi connectivity index (χ4n) is 1.43. The minimum absolute atomic E-state index is 0.157. The zero-order valence-corrected chi connectivity index (χ0v) is 8.88. The molecule has 1 aliphatic heterocycles. The number of rotatable bonds is 4. The average molecular weight is 237 g/mol. The van der Waals surface area contributed by atoms with E-state index >= 15 is 0 Å². The summed E-state index contributed by atoms with van der Waals surface area (Å²) in [5.41, 5.74) is 0.157. The number of carboxylic acids is 1. The minimum Gasteiger partial charge on any atom is -0.490 e. The molecule has 1 amide bonds. The Hall–Kier alpha value is -2.24. The van der Waals surface area contributed by atoms with E-state index < -0.39 is 12.1 Å². The van der Waals surface area contributed by atoms with Crippen molar-refractivity contribution in [1.82, 2.24) is 5.32 Å². The topological polar surface area (TPSA) is 84.9 Å². The molecule has 0 aliphatic carbocycles. The Kier molecular flexibility index (Phi) is 3.13. The van der Waals surface area contributed by atoms with Crippen molar-refractivity contribution in [2.24, 2.45) is 0 Å². The number of amides is 1. The number of carbonyl (C=O) groups is 2. The number of hydrogen-bond donors (Lipinski definition) is 2. The third-order valence-corrected chi connectivity index (χ3v) is 2.26. The Morgan fingerprint density at radius 3 is 3.06 bits per heavy atom. The monoisotopic (exact) mass is 237 g/mol. The molecule has 1 aromatic rings. The van der Waals surface area contributed by atoms with Crippen LogP contribution in [0.15, 0.2) is 24.3 Å². The van der Waals surface area contributed by atoms with Gasteiger partial charge in [0.05, 0.1) is 12.1 Å². The van der Waals surface area contributed by atoms with E-state index in [4.69, 9.17) is 14.6 Å². The molecule has 2 rings (SSSR count). The third-order valence-electron chi connectivity index (χ3n) is 2.26. The lowest BCUT2D eigenvalue weighted by molar-refractivity contribution is 0.0696. The highest BCUT2D eigenvalue weighted by molar-refractivity contribution is 5.88. The van der Waals surface area contributed by atoms with Crippen molar-refractivity contribution in [1.29, 1.82) is 0 Å². The molecule has 17 heavy (non-hydrogen) atoms. The Morgan fingerprint density at radius 1 is 1.59 bits per heavy atom. The van der Waals surface area contributed by atoms with Gasteiger partial charge in [-0.25, -0.2) is 9.59 Å². The van der Waals surface area contributed by atoms with Crippen LogP contribution in [0.1, 0.15) is 10.4 Å². The van der Waals surface area contributed by atoms with Gasteiger partial charge in [0.25, 0.3) is 0 Å². The molecule has 6 heteroatoms. The van der Waals surface area contributed by atoms with Crippen molar-refractivity contribution >= 4 is 12.1 Å². The summed E-state index contributed by atoms with van der Waals surface area (Å²) in [5.74, 6) is -0.572. The molecule has 1 unspecified atom stereocenters. The van der Waals surface area contributed by atoms with Crippen molar-refractivity contribution in [2.45, 2.75) is 6.10 Å². The van der Waals surface area contributed by atoms with Crippen molar-refractivity contribution in [2.75, 3.05) is 13.2 Å². The van der Waals surface area contributed by atoms with E-state index in [0.29, 0.717) is 12.3 Å². The molecule has 90 valence electrons. The smallest absolute Gasteiger partial charge is 0.407 e. The number of benzene rings is 1. The number of hydrogen-bond acceptors (Lipinski definition) is 4. The summed E-state index contributed by atoms with van der Waals surface area (Å²) in [6.07, 6.45) is -0.797. The van der Waals surface area contributed by atoms with Crippen LogP contribution in [0.5, 0.6) is 5.75 Å². The number of alkyl carbamates (subject to hydrolysis) is 1. The van der Waals surface area contributed by atoms with Gasteiger partial charge in [-0.1, -0.05) is 6.07 Å². The molecule has 1 atom stereocenters. The molecule has 0 spiro atoms. The van der Waals surface area contributed by atoms with Crippen LogP contribution in [0.3, 0.4) is 0 Å². The van der Waals surface area contributed by atoms with E-state index in [1.165, 1.54) is 12.1 Å². The molecule has 2 N–H and O–H groups in total. The summed E-state index contributed by atoms with van der Waals surface area (Å²) in [4.78, 5) is 21.5. The van der Waals surface area contributed by atoms with Gasteiger partial charge in [0, 0.05) is 0 Å². The van der Waals surface area contributed by atoms with Crippen LogP contribution >= 0.6 is 0 Å². The van der Waals surface area contributed by atoms with Crippen molar-refractivity contribution in [3.05, 3.63) is 29.8 Å². The maximum absolute atomic E-state index is 10.7. The minimum atomic E-state index is -1.01. The summed E-state index contributed by atoms with van der Waals surface area (Å²) in [6, 6.07) is 6.15. The number of carboxylic acid groups (broad SMARTS) is 1. The van der Waals surface area contributed by atoms with Crippen LogP contribution in [-0.4, -0.2) is 36.4 Å². The zero-order chi connectivity index (χ0) is 12.3. The van der Waals surface area contributed by atoms with E-state index in [-0.39, 0.29) is 18.3 Å². The van der Waals surface area contributed by atoms with E-state index in [1.54, 1.807) is 12.1 Å². The van der Waals surface area contributed by atoms with Crippen LogP contribution < -0.4 is 10.1 Å². The van der Waals surface area contributed by atoms with Crippen LogP contribution in [0.25, 0.3) is 0 Å². The second-order valence-electron chi connectivity index (χ2n) is 3.55. The van der Waals surface area contributed by atoms with Gasteiger partial charge in [0.2, 0.25) is 0 Å². The van der Waals surface area contributed by atoms with Gasteiger partial charge in [0.1, 0.15) is 12.4 Å². The molecule has 0 bridgehead atoms. The molecule has 1 saturated heterocycles. The predicted octanol–water partition coefficient (Wildman–Crippen LogP) is 0.872. The SMILES string of the molecule is O=C1NCC(COc2cccc(C(=O)O)c2)O1. The fourth-order valence-corrected chi connectivity index (χ4v) is 1.43. The van der Waals surface area contributed by atoms with Crippen LogP contribution in [0.4, 0.5) is 4.79 Å². The molecule has 1 aromatic carbocycles. The third kappa shape index (κ3) is 2.87. The lowest BCUT2D eigenvalue weighted by Gasteiger charge is -2.10. The Bertz CT molecular complexity index is 445. The number of ether oxygens (including phenoxy) is 2. The number of carbonyl (C=O) groups excluding carboxylic acids is 1. The molecular weight excluding hydrogens is 226 g/mol. The predicted molar refractivity (Wildman–Crippen MR) is 57.2 cm³/mol. The molecule has 0 saturated carbocycles. The second kappa shape index (κ2) is 4.73. The molecule has 1 heterocycles. The highest BCUT2D eigenvalue weighted by Crippen LogP contribution is 2.14. The number of aromatic carboxylic acids is 1. The van der Waals surface area contributed by atoms with Crippen molar-refractivity contribution in [3.63, 3.8) is 0 Å². The van der Waals surface area contributed by atoms with Gasteiger partial charge in [-0.15, -0.1) is 0 Å². The average Bonchev–Trinajstić information content (AvgIpc) is 2.73. The Balaban J connectivity index is 1.92. The maximum Gasteiger partial charge on any atom is 0.407 e. The van der Waals surface area contributed by atoms with E-state index in [9.17, 15) is 9.59 Å². The highest BCUT2D eigenvalue weighted by atomic mass is 16.6. The largest absolute Gasteiger partial charge is 0.490 e. The van der Waals surface area contributed by atoms with Gasteiger partial charge in [-0.2, -0.15) is 0 Å². The quantitative estimate of drug-likeness (QED) is 0.811. The highest BCUT2D eigenvalue weighted by Gasteiger charge is 2.22. The first-order chi connectivity index (χ1) is 8.15. The van der Waals surface area contributed by atoms with Crippen molar-refractivity contribution < 1.29 is 24.2 Å². The first kappa shape index (κ1) is 11.3. The van der Waals surface area contributed by atoms with Gasteiger partial charge in [-0.05, 0) is 18.2 Å². The summed E-state index contributed by atoms with van der Waals surface area (Å²) in [6.45, 7) is 0.596. The van der Waals surface area contributed by atoms with E-state index in [1.807, 2.05) is 0 Å². The molecule has 6 nitrogen and oxygen atoms in total. The first-order valence-corrected chi connectivity index (χ1v) is 5.06. The van der Waals surface area contributed by atoms with Gasteiger partial charge in [0.15, 0.2) is 6.10 Å². The second-order valence-corrected chi connectivity index (χ2v) is 3.55. The van der Waals surface area contributed by atoms with Gasteiger partial charge >= 0.3 is 12.1 Å². The molecule has 0 radical (unpaired) electrons.